The summed E-state index contributed by atoms with van der Waals surface area (Å²) in [5.74, 6) is 2.25. The van der Waals surface area contributed by atoms with Gasteiger partial charge in [0.2, 0.25) is 0 Å². The molecule has 0 saturated heterocycles. The molecular weight excluding hydrogens is 451 g/mol. The van der Waals surface area contributed by atoms with E-state index in [1.54, 1.807) is 11.4 Å². The molecule has 0 heterocycles. The molecule has 0 radical (unpaired) electrons. The third-order valence-corrected chi connectivity index (χ3v) is 9.89. The molecule has 0 saturated carbocycles. The molecule has 0 unspecified atom stereocenters. The summed E-state index contributed by atoms with van der Waals surface area (Å²) < 4.78 is 12.9. The molecule has 0 bridgehead atoms. The van der Waals surface area contributed by atoms with Crippen LogP contribution in [0.5, 0.6) is 11.5 Å². The van der Waals surface area contributed by atoms with Crippen molar-refractivity contribution in [3.63, 3.8) is 0 Å². The summed E-state index contributed by atoms with van der Waals surface area (Å²) >= 11 is 7.64. The zero-order valence-corrected chi connectivity index (χ0v) is 22.3. The van der Waals surface area contributed by atoms with Gasteiger partial charge in [0.25, 0.3) is 0 Å². The van der Waals surface area contributed by atoms with Crippen molar-refractivity contribution in [2.24, 2.45) is 0 Å². The summed E-state index contributed by atoms with van der Waals surface area (Å²) in [5.41, 5.74) is 0.950. The van der Waals surface area contributed by atoms with E-state index in [0.29, 0.717) is 0 Å². The summed E-state index contributed by atoms with van der Waals surface area (Å²) in [4.78, 5) is 0. The topological polar surface area (TPSA) is 18.5 Å². The lowest BCUT2D eigenvalue weighted by Crippen LogP contribution is -2.11. The van der Waals surface area contributed by atoms with Crippen LogP contribution in [-0.2, 0) is 28.4 Å². The molecule has 0 N–H and O–H groups in total. The van der Waals surface area contributed by atoms with Crippen LogP contribution in [0.15, 0.2) is 78.9 Å². The molecule has 3 aromatic rings. The lowest BCUT2D eigenvalue weighted by molar-refractivity contribution is 0.500. The molecule has 0 fully saturated rings. The molecule has 5 heteroatoms. The van der Waals surface area contributed by atoms with E-state index in [0.717, 1.165) is 17.3 Å². The van der Waals surface area contributed by atoms with E-state index in [2.05, 4.69) is 77.9 Å². The van der Waals surface area contributed by atoms with Crippen molar-refractivity contribution in [3.05, 3.63) is 95.6 Å². The van der Waals surface area contributed by atoms with Gasteiger partial charge < -0.3 is 9.05 Å². The molecule has 0 atom stereocenters. The van der Waals surface area contributed by atoms with Crippen LogP contribution in [0.4, 0.5) is 0 Å². The van der Waals surface area contributed by atoms with Crippen LogP contribution in [-0.4, -0.2) is 0 Å². The Morgan fingerprint density at radius 1 is 0.688 bits per heavy atom. The molecule has 170 valence electrons. The molecule has 0 aromatic heterocycles. The van der Waals surface area contributed by atoms with Crippen molar-refractivity contribution >= 4 is 28.9 Å². The first-order valence-electron chi connectivity index (χ1n) is 10.8. The first-order chi connectivity index (χ1) is 14.9. The van der Waals surface area contributed by atoms with E-state index in [9.17, 15) is 0 Å². The molecule has 0 amide bonds. The zero-order valence-electron chi connectivity index (χ0n) is 19.8. The SMILES string of the molecule is CC(C)(C)c1cccc(OP(=S)(Oc2cccc(C(C)(C)C)c2)SCc2ccccc2)c1. The second-order valence-electron chi connectivity index (χ2n) is 9.94. The van der Waals surface area contributed by atoms with Gasteiger partial charge in [0.15, 0.2) is 0 Å². The van der Waals surface area contributed by atoms with E-state index in [1.165, 1.54) is 16.7 Å². The maximum atomic E-state index is 6.46. The van der Waals surface area contributed by atoms with Crippen molar-refractivity contribution in [2.75, 3.05) is 0 Å². The standard InChI is InChI=1S/C27H33O2PS2/c1-26(2,3)22-14-10-16-24(18-22)28-30(31,32-20-21-12-8-7-9-13-21)29-25-17-11-15-23(19-25)27(4,5)6/h7-19H,20H2,1-6H3. The predicted octanol–water partition coefficient (Wildman–Crippen LogP) is 8.90. The van der Waals surface area contributed by atoms with E-state index in [4.69, 9.17) is 20.9 Å². The third kappa shape index (κ3) is 7.13. The second kappa shape index (κ2) is 10.0. The molecule has 0 spiro atoms. The number of benzene rings is 3. The lowest BCUT2D eigenvalue weighted by Gasteiger charge is -2.26. The van der Waals surface area contributed by atoms with Crippen molar-refractivity contribution < 1.29 is 9.05 Å². The molecule has 3 rings (SSSR count). The minimum absolute atomic E-state index is 0.0288. The van der Waals surface area contributed by atoms with Crippen LogP contribution in [0.2, 0.25) is 0 Å². The number of hydrogen-bond acceptors (Lipinski definition) is 4. The van der Waals surface area contributed by atoms with Gasteiger partial charge in [0.05, 0.1) is 0 Å². The fourth-order valence-electron chi connectivity index (χ4n) is 3.10. The highest BCUT2D eigenvalue weighted by molar-refractivity contribution is 8.67. The Hall–Kier alpha value is -1.74. The lowest BCUT2D eigenvalue weighted by atomic mass is 9.87. The van der Waals surface area contributed by atoms with Crippen LogP contribution in [0.3, 0.4) is 0 Å². The van der Waals surface area contributed by atoms with Gasteiger partial charge >= 0.3 is 5.69 Å². The summed E-state index contributed by atoms with van der Waals surface area (Å²) in [5, 5.41) is 0. The average Bonchev–Trinajstić information content (AvgIpc) is 2.72. The minimum Gasteiger partial charge on any atom is -0.428 e. The monoisotopic (exact) mass is 484 g/mol. The van der Waals surface area contributed by atoms with Gasteiger partial charge in [-0.15, -0.1) is 0 Å². The van der Waals surface area contributed by atoms with Crippen LogP contribution in [0.25, 0.3) is 0 Å². The molecule has 32 heavy (non-hydrogen) atoms. The molecule has 0 aliphatic rings. The molecule has 3 aromatic carbocycles. The van der Waals surface area contributed by atoms with E-state index in [1.807, 2.05) is 42.5 Å². The van der Waals surface area contributed by atoms with Crippen molar-refractivity contribution in [3.8, 4) is 11.5 Å². The predicted molar refractivity (Wildman–Crippen MR) is 144 cm³/mol. The van der Waals surface area contributed by atoms with Crippen molar-refractivity contribution in [2.45, 2.75) is 58.1 Å². The average molecular weight is 485 g/mol. The Bertz CT molecular complexity index is 1020. The summed E-state index contributed by atoms with van der Waals surface area (Å²) in [6.45, 7) is 13.2. The highest BCUT2D eigenvalue weighted by atomic mass is 32.9. The Labute approximate surface area is 202 Å². The fraction of sp³-hybridized carbons (Fsp3) is 0.333. The fourth-order valence-corrected chi connectivity index (χ4v) is 7.23. The minimum atomic E-state index is -2.72. The highest BCUT2D eigenvalue weighted by Crippen LogP contribution is 2.61. The smallest absolute Gasteiger partial charge is 0.348 e. The number of rotatable bonds is 7. The van der Waals surface area contributed by atoms with E-state index >= 15 is 0 Å². The maximum absolute atomic E-state index is 6.46. The van der Waals surface area contributed by atoms with Gasteiger partial charge in [0.1, 0.15) is 11.5 Å². The van der Waals surface area contributed by atoms with Crippen molar-refractivity contribution in [1.29, 1.82) is 0 Å². The van der Waals surface area contributed by atoms with Crippen LogP contribution < -0.4 is 9.05 Å². The first-order valence-corrected chi connectivity index (χ1v) is 15.1. The molecule has 0 aliphatic carbocycles. The normalized spacial score (nSPS) is 12.4. The summed E-state index contributed by atoms with van der Waals surface area (Å²) in [7, 11) is 0. The second-order valence-corrected chi connectivity index (χ2v) is 16.1. The van der Waals surface area contributed by atoms with Gasteiger partial charge in [-0.05, 0) is 75.0 Å². The maximum Gasteiger partial charge on any atom is 0.348 e. The molecule has 2 nitrogen and oxygen atoms in total. The van der Waals surface area contributed by atoms with Gasteiger partial charge in [-0.2, -0.15) is 0 Å². The number of hydrogen-bond donors (Lipinski definition) is 0. The molecular formula is C27H33O2PS2. The van der Waals surface area contributed by atoms with Gasteiger partial charge in [-0.3, -0.25) is 0 Å². The van der Waals surface area contributed by atoms with Gasteiger partial charge in [-0.1, -0.05) is 96.1 Å². The quantitative estimate of drug-likeness (QED) is 0.312. The Balaban J connectivity index is 1.90. The van der Waals surface area contributed by atoms with Crippen LogP contribution in [0, 0.1) is 0 Å². The highest BCUT2D eigenvalue weighted by Gasteiger charge is 2.26. The van der Waals surface area contributed by atoms with Crippen LogP contribution in [0.1, 0.15) is 58.2 Å². The first kappa shape index (κ1) is 24.9. The Morgan fingerprint density at radius 3 is 1.59 bits per heavy atom. The van der Waals surface area contributed by atoms with Crippen LogP contribution >= 0.6 is 17.1 Å². The van der Waals surface area contributed by atoms with Gasteiger partial charge in [-0.25, -0.2) is 0 Å². The Morgan fingerprint density at radius 2 is 1.16 bits per heavy atom. The van der Waals surface area contributed by atoms with Crippen molar-refractivity contribution in [1.82, 2.24) is 0 Å². The summed E-state index contributed by atoms with van der Waals surface area (Å²) in [6.07, 6.45) is 0. The zero-order chi connectivity index (χ0) is 23.4. The van der Waals surface area contributed by atoms with E-state index < -0.39 is 5.69 Å². The third-order valence-electron chi connectivity index (χ3n) is 5.07. The largest absolute Gasteiger partial charge is 0.428 e. The molecule has 0 aliphatic heterocycles. The van der Waals surface area contributed by atoms with Gasteiger partial charge in [0, 0.05) is 5.75 Å². The Kier molecular flexibility index (Phi) is 7.81. The summed E-state index contributed by atoms with van der Waals surface area (Å²) in [6, 6.07) is 26.7. The van der Waals surface area contributed by atoms with E-state index in [-0.39, 0.29) is 10.8 Å².